The molecule has 130 valence electrons. The SMILES string of the molecule is CCOC(=O)/C(C#N)=C1/C(=O)N(Cc2ccccc2Cl)c2ccccc21. The summed E-state index contributed by atoms with van der Waals surface area (Å²) < 4.78 is 4.93. The fourth-order valence-electron chi connectivity index (χ4n) is 2.88. The van der Waals surface area contributed by atoms with Crippen LogP contribution >= 0.6 is 11.6 Å². The van der Waals surface area contributed by atoms with Gasteiger partial charge in [0.05, 0.1) is 24.4 Å². The van der Waals surface area contributed by atoms with Crippen molar-refractivity contribution in [3.8, 4) is 6.07 Å². The molecule has 1 aliphatic heterocycles. The molecule has 0 bridgehead atoms. The highest BCUT2D eigenvalue weighted by Crippen LogP contribution is 2.39. The number of carbonyl (C=O) groups is 2. The fourth-order valence-corrected chi connectivity index (χ4v) is 3.08. The van der Waals surface area contributed by atoms with Gasteiger partial charge in [0.2, 0.25) is 0 Å². The lowest BCUT2D eigenvalue weighted by atomic mass is 10.0. The molecule has 0 saturated carbocycles. The van der Waals surface area contributed by atoms with Crippen molar-refractivity contribution in [2.24, 2.45) is 0 Å². The van der Waals surface area contributed by atoms with Crippen LogP contribution in [0, 0.1) is 11.3 Å². The number of para-hydroxylation sites is 1. The van der Waals surface area contributed by atoms with E-state index in [1.807, 2.05) is 24.3 Å². The van der Waals surface area contributed by atoms with Gasteiger partial charge in [-0.1, -0.05) is 48.0 Å². The highest BCUT2D eigenvalue weighted by molar-refractivity contribution is 6.37. The molecule has 0 aromatic heterocycles. The first-order valence-corrected chi connectivity index (χ1v) is 8.42. The Balaban J connectivity index is 2.11. The summed E-state index contributed by atoms with van der Waals surface area (Å²) in [7, 11) is 0. The molecule has 0 N–H and O–H groups in total. The highest BCUT2D eigenvalue weighted by atomic mass is 35.5. The van der Waals surface area contributed by atoms with Crippen molar-refractivity contribution in [3.05, 3.63) is 70.3 Å². The number of carbonyl (C=O) groups excluding carboxylic acids is 2. The molecule has 1 aliphatic rings. The minimum atomic E-state index is -0.798. The van der Waals surface area contributed by atoms with Gasteiger partial charge in [0.1, 0.15) is 6.07 Å². The van der Waals surface area contributed by atoms with Gasteiger partial charge in [-0.25, -0.2) is 4.79 Å². The van der Waals surface area contributed by atoms with Gasteiger partial charge in [-0.3, -0.25) is 4.79 Å². The van der Waals surface area contributed by atoms with Crippen molar-refractivity contribution in [2.75, 3.05) is 11.5 Å². The third-order valence-corrected chi connectivity index (χ3v) is 4.42. The van der Waals surface area contributed by atoms with Gasteiger partial charge in [0.15, 0.2) is 5.57 Å². The van der Waals surface area contributed by atoms with E-state index in [1.165, 1.54) is 4.90 Å². The summed E-state index contributed by atoms with van der Waals surface area (Å²) in [6.45, 7) is 2.00. The van der Waals surface area contributed by atoms with Crippen LogP contribution < -0.4 is 4.90 Å². The van der Waals surface area contributed by atoms with E-state index >= 15 is 0 Å². The Kier molecular flexibility index (Phi) is 5.06. The lowest BCUT2D eigenvalue weighted by molar-refractivity contribution is -0.138. The molecule has 0 atom stereocenters. The molecule has 1 heterocycles. The topological polar surface area (TPSA) is 70.4 Å². The van der Waals surface area contributed by atoms with Crippen LogP contribution in [0.4, 0.5) is 5.69 Å². The first-order chi connectivity index (χ1) is 12.6. The van der Waals surface area contributed by atoms with Crippen LogP contribution in [-0.4, -0.2) is 18.5 Å². The number of nitrogens with zero attached hydrogens (tertiary/aromatic N) is 2. The number of ether oxygens (including phenoxy) is 1. The van der Waals surface area contributed by atoms with Gasteiger partial charge >= 0.3 is 5.97 Å². The number of fused-ring (bicyclic) bond motifs is 1. The van der Waals surface area contributed by atoms with E-state index < -0.39 is 11.9 Å². The van der Waals surface area contributed by atoms with Crippen LogP contribution in [0.1, 0.15) is 18.1 Å². The largest absolute Gasteiger partial charge is 0.462 e. The molecule has 2 aromatic rings. The minimum Gasteiger partial charge on any atom is -0.462 e. The Morgan fingerprint density at radius 2 is 1.88 bits per heavy atom. The average Bonchev–Trinajstić information content (AvgIpc) is 2.91. The van der Waals surface area contributed by atoms with E-state index in [1.54, 1.807) is 37.3 Å². The van der Waals surface area contributed by atoms with Crippen LogP contribution in [0.15, 0.2) is 54.1 Å². The number of amides is 1. The first kappa shape index (κ1) is 17.7. The maximum atomic E-state index is 13.1. The highest BCUT2D eigenvalue weighted by Gasteiger charge is 2.36. The molecular weight excluding hydrogens is 352 g/mol. The summed E-state index contributed by atoms with van der Waals surface area (Å²) >= 11 is 6.22. The third kappa shape index (κ3) is 3.07. The summed E-state index contributed by atoms with van der Waals surface area (Å²) in [6, 6.07) is 16.1. The smallest absolute Gasteiger partial charge is 0.349 e. The van der Waals surface area contributed by atoms with Gasteiger partial charge < -0.3 is 9.64 Å². The molecule has 5 nitrogen and oxygen atoms in total. The van der Waals surface area contributed by atoms with Crippen LogP contribution in [-0.2, 0) is 20.9 Å². The fraction of sp³-hybridized carbons (Fsp3) is 0.150. The molecule has 6 heteroatoms. The normalized spacial score (nSPS) is 14.7. The number of hydrogen-bond donors (Lipinski definition) is 0. The molecule has 1 amide bonds. The summed E-state index contributed by atoms with van der Waals surface area (Å²) in [6.07, 6.45) is 0. The second-order valence-electron chi connectivity index (χ2n) is 5.58. The Morgan fingerprint density at radius 1 is 1.19 bits per heavy atom. The van der Waals surface area contributed by atoms with Crippen molar-refractivity contribution < 1.29 is 14.3 Å². The van der Waals surface area contributed by atoms with Gasteiger partial charge in [-0.2, -0.15) is 5.26 Å². The summed E-state index contributed by atoms with van der Waals surface area (Å²) in [5, 5.41) is 9.99. The Bertz CT molecular complexity index is 960. The van der Waals surface area contributed by atoms with E-state index in [4.69, 9.17) is 16.3 Å². The van der Waals surface area contributed by atoms with Crippen molar-refractivity contribution in [1.82, 2.24) is 0 Å². The molecule has 0 fully saturated rings. The van der Waals surface area contributed by atoms with Crippen LogP contribution in [0.3, 0.4) is 0 Å². The quantitative estimate of drug-likeness (QED) is 0.469. The molecule has 3 rings (SSSR count). The molecular formula is C20H15ClN2O3. The molecule has 0 aliphatic carbocycles. The minimum absolute atomic E-state index is 0.0635. The number of nitriles is 1. The standard InChI is InChI=1S/C20H15ClN2O3/c1-2-26-20(25)15(11-22)18-14-8-4-6-10-17(14)23(19(18)24)12-13-7-3-5-9-16(13)21/h3-10H,2,12H2,1H3/b18-15+. The lowest BCUT2D eigenvalue weighted by Gasteiger charge is -2.18. The maximum absolute atomic E-state index is 13.1. The van der Waals surface area contributed by atoms with Crippen molar-refractivity contribution >= 4 is 34.7 Å². The molecule has 2 aromatic carbocycles. The molecule has 26 heavy (non-hydrogen) atoms. The maximum Gasteiger partial charge on any atom is 0.349 e. The summed E-state index contributed by atoms with van der Waals surface area (Å²) in [5.41, 5.74) is 1.71. The molecule has 0 radical (unpaired) electrons. The Morgan fingerprint density at radius 3 is 2.58 bits per heavy atom. The predicted molar refractivity (Wildman–Crippen MR) is 98.3 cm³/mol. The van der Waals surface area contributed by atoms with E-state index in [-0.39, 0.29) is 24.3 Å². The molecule has 0 spiro atoms. The summed E-state index contributed by atoms with van der Waals surface area (Å²) in [4.78, 5) is 26.7. The number of rotatable bonds is 4. The van der Waals surface area contributed by atoms with Gasteiger partial charge in [-0.15, -0.1) is 0 Å². The zero-order valence-corrected chi connectivity index (χ0v) is 14.8. The van der Waals surface area contributed by atoms with Crippen LogP contribution in [0.2, 0.25) is 5.02 Å². The van der Waals surface area contributed by atoms with Crippen molar-refractivity contribution in [3.63, 3.8) is 0 Å². The summed E-state index contributed by atoms with van der Waals surface area (Å²) in [5.74, 6) is -1.22. The predicted octanol–water partition coefficient (Wildman–Crippen LogP) is 3.73. The van der Waals surface area contributed by atoms with Crippen molar-refractivity contribution in [1.29, 1.82) is 5.26 Å². The second-order valence-corrected chi connectivity index (χ2v) is 5.99. The average molecular weight is 367 g/mol. The number of hydrogen-bond acceptors (Lipinski definition) is 4. The van der Waals surface area contributed by atoms with E-state index in [0.29, 0.717) is 16.3 Å². The van der Waals surface area contributed by atoms with Gasteiger partial charge in [0.25, 0.3) is 5.91 Å². The van der Waals surface area contributed by atoms with Crippen LogP contribution in [0.5, 0.6) is 0 Å². The lowest BCUT2D eigenvalue weighted by Crippen LogP contribution is -2.26. The van der Waals surface area contributed by atoms with E-state index in [0.717, 1.165) is 5.56 Å². The van der Waals surface area contributed by atoms with E-state index in [9.17, 15) is 14.9 Å². The third-order valence-electron chi connectivity index (χ3n) is 4.05. The number of halogens is 1. The van der Waals surface area contributed by atoms with Gasteiger partial charge in [-0.05, 0) is 24.6 Å². The number of benzene rings is 2. The van der Waals surface area contributed by atoms with Crippen molar-refractivity contribution in [2.45, 2.75) is 13.5 Å². The zero-order valence-electron chi connectivity index (χ0n) is 14.0. The van der Waals surface area contributed by atoms with E-state index in [2.05, 4.69) is 0 Å². The zero-order chi connectivity index (χ0) is 18.7. The Labute approximate surface area is 156 Å². The second kappa shape index (κ2) is 7.42. The van der Waals surface area contributed by atoms with Crippen LogP contribution in [0.25, 0.3) is 5.57 Å². The number of anilines is 1. The Hall–Kier alpha value is -3.10. The van der Waals surface area contributed by atoms with Gasteiger partial charge in [0, 0.05) is 10.6 Å². The first-order valence-electron chi connectivity index (χ1n) is 8.04. The monoisotopic (exact) mass is 366 g/mol. The molecule has 0 unspecified atom stereocenters. The number of esters is 1. The molecule has 0 saturated heterocycles.